The van der Waals surface area contributed by atoms with E-state index in [2.05, 4.69) is 20.6 Å². The third-order valence-electron chi connectivity index (χ3n) is 3.12. The molecule has 1 aromatic carbocycles. The molecule has 0 fully saturated rings. The number of halogens is 2. The summed E-state index contributed by atoms with van der Waals surface area (Å²) in [5.41, 5.74) is 1.00. The molecule has 0 unspecified atom stereocenters. The molecule has 2 rings (SSSR count). The highest BCUT2D eigenvalue weighted by Crippen LogP contribution is 2.20. The number of rotatable bonds is 6. The van der Waals surface area contributed by atoms with Gasteiger partial charge >= 0.3 is 0 Å². The van der Waals surface area contributed by atoms with Crippen LogP contribution in [0.15, 0.2) is 36.8 Å². The molecule has 0 saturated heterocycles. The molecule has 0 bridgehead atoms. The van der Waals surface area contributed by atoms with Gasteiger partial charge in [-0.3, -0.25) is 19.6 Å². The van der Waals surface area contributed by atoms with Gasteiger partial charge in [-0.2, -0.15) is 0 Å². The van der Waals surface area contributed by atoms with E-state index in [1.807, 2.05) is 6.92 Å². The Balaban J connectivity index is 1.82. The molecule has 1 aromatic heterocycles. The largest absolute Gasteiger partial charge is 0.352 e. The SMILES string of the molecule is C[C@H](Cc1cnccn1)NC(=O)CNC(=O)c1cc(Cl)ccc1Cl. The van der Waals surface area contributed by atoms with Gasteiger partial charge in [0.2, 0.25) is 5.91 Å². The third kappa shape index (κ3) is 5.47. The van der Waals surface area contributed by atoms with E-state index >= 15 is 0 Å². The number of carbonyl (C=O) groups excluding carboxylic acids is 2. The second-order valence-corrected chi connectivity index (χ2v) is 6.02. The Bertz CT molecular complexity index is 725. The zero-order chi connectivity index (χ0) is 17.5. The number of aromatic nitrogens is 2. The van der Waals surface area contributed by atoms with Crippen molar-refractivity contribution in [3.63, 3.8) is 0 Å². The van der Waals surface area contributed by atoms with Crippen LogP contribution in [-0.2, 0) is 11.2 Å². The van der Waals surface area contributed by atoms with E-state index in [1.165, 1.54) is 12.1 Å². The fourth-order valence-electron chi connectivity index (χ4n) is 2.05. The van der Waals surface area contributed by atoms with Gasteiger partial charge in [0.15, 0.2) is 0 Å². The normalized spacial score (nSPS) is 11.6. The molecule has 24 heavy (non-hydrogen) atoms. The van der Waals surface area contributed by atoms with Crippen LogP contribution in [0.25, 0.3) is 0 Å². The van der Waals surface area contributed by atoms with Crippen molar-refractivity contribution in [2.24, 2.45) is 0 Å². The lowest BCUT2D eigenvalue weighted by Gasteiger charge is -2.14. The Kier molecular flexibility index (Phi) is 6.52. The number of carbonyl (C=O) groups is 2. The lowest BCUT2D eigenvalue weighted by Crippen LogP contribution is -2.41. The van der Waals surface area contributed by atoms with Gasteiger partial charge in [0.25, 0.3) is 5.91 Å². The maximum Gasteiger partial charge on any atom is 0.253 e. The summed E-state index contributed by atoms with van der Waals surface area (Å²) in [7, 11) is 0. The van der Waals surface area contributed by atoms with Crippen molar-refractivity contribution in [3.05, 3.63) is 58.1 Å². The van der Waals surface area contributed by atoms with E-state index in [1.54, 1.807) is 24.7 Å². The molecular weight excluding hydrogens is 351 g/mol. The van der Waals surface area contributed by atoms with E-state index in [9.17, 15) is 9.59 Å². The minimum Gasteiger partial charge on any atom is -0.352 e. The Labute approximate surface area is 149 Å². The summed E-state index contributed by atoms with van der Waals surface area (Å²) in [6.45, 7) is 1.69. The number of hydrogen-bond acceptors (Lipinski definition) is 4. The first-order valence-electron chi connectivity index (χ1n) is 7.23. The monoisotopic (exact) mass is 366 g/mol. The summed E-state index contributed by atoms with van der Waals surface area (Å²) in [6.07, 6.45) is 5.38. The van der Waals surface area contributed by atoms with Crippen LogP contribution in [0, 0.1) is 0 Å². The molecule has 0 aliphatic rings. The molecule has 1 heterocycles. The van der Waals surface area contributed by atoms with E-state index in [0.717, 1.165) is 5.69 Å². The van der Waals surface area contributed by atoms with Crippen molar-refractivity contribution in [1.29, 1.82) is 0 Å². The first-order chi connectivity index (χ1) is 11.5. The zero-order valence-corrected chi connectivity index (χ0v) is 14.4. The van der Waals surface area contributed by atoms with Crippen LogP contribution in [0.1, 0.15) is 23.0 Å². The fraction of sp³-hybridized carbons (Fsp3) is 0.250. The summed E-state index contributed by atoms with van der Waals surface area (Å²) in [6, 6.07) is 4.43. The highest BCUT2D eigenvalue weighted by Gasteiger charge is 2.14. The molecule has 2 amide bonds. The van der Waals surface area contributed by atoms with E-state index < -0.39 is 5.91 Å². The van der Waals surface area contributed by atoms with Gasteiger partial charge in [0.05, 0.1) is 22.8 Å². The summed E-state index contributed by atoms with van der Waals surface area (Å²) >= 11 is 11.8. The molecule has 0 aliphatic heterocycles. The average molecular weight is 367 g/mol. The molecular formula is C16H16Cl2N4O2. The summed E-state index contributed by atoms with van der Waals surface area (Å²) < 4.78 is 0. The van der Waals surface area contributed by atoms with Gasteiger partial charge in [-0.05, 0) is 25.1 Å². The Morgan fingerprint density at radius 3 is 2.75 bits per heavy atom. The Hall–Kier alpha value is -2.18. The molecule has 6 nitrogen and oxygen atoms in total. The third-order valence-corrected chi connectivity index (χ3v) is 3.69. The first kappa shape index (κ1) is 18.2. The van der Waals surface area contributed by atoms with Gasteiger partial charge in [-0.1, -0.05) is 23.2 Å². The summed E-state index contributed by atoms with van der Waals surface area (Å²) in [5, 5.41) is 5.96. The van der Waals surface area contributed by atoms with Gasteiger partial charge < -0.3 is 10.6 Å². The van der Waals surface area contributed by atoms with Crippen LogP contribution in [0.5, 0.6) is 0 Å². The van der Waals surface area contributed by atoms with Crippen molar-refractivity contribution in [1.82, 2.24) is 20.6 Å². The fourth-order valence-corrected chi connectivity index (χ4v) is 2.43. The lowest BCUT2D eigenvalue weighted by atomic mass is 10.2. The van der Waals surface area contributed by atoms with Crippen molar-refractivity contribution in [3.8, 4) is 0 Å². The predicted octanol–water partition coefficient (Wildman–Crippen LogP) is 2.26. The average Bonchev–Trinajstić information content (AvgIpc) is 2.55. The maximum absolute atomic E-state index is 12.0. The summed E-state index contributed by atoms with van der Waals surface area (Å²) in [5.74, 6) is -0.767. The van der Waals surface area contributed by atoms with Crippen molar-refractivity contribution in [2.75, 3.05) is 6.54 Å². The highest BCUT2D eigenvalue weighted by molar-refractivity contribution is 6.35. The van der Waals surface area contributed by atoms with Crippen LogP contribution in [0.3, 0.4) is 0 Å². The van der Waals surface area contributed by atoms with Crippen LogP contribution in [0.4, 0.5) is 0 Å². The molecule has 2 aromatic rings. The molecule has 2 N–H and O–H groups in total. The van der Waals surface area contributed by atoms with Crippen LogP contribution in [0.2, 0.25) is 10.0 Å². The number of hydrogen-bond donors (Lipinski definition) is 2. The van der Waals surface area contributed by atoms with E-state index in [-0.39, 0.29) is 29.1 Å². The molecule has 0 saturated carbocycles. The van der Waals surface area contributed by atoms with Gasteiger partial charge in [-0.25, -0.2) is 0 Å². The number of benzene rings is 1. The smallest absolute Gasteiger partial charge is 0.253 e. The molecule has 1 atom stereocenters. The van der Waals surface area contributed by atoms with Crippen LogP contribution < -0.4 is 10.6 Å². The second kappa shape index (κ2) is 8.61. The van der Waals surface area contributed by atoms with Crippen LogP contribution in [-0.4, -0.2) is 34.4 Å². The minimum atomic E-state index is -0.459. The van der Waals surface area contributed by atoms with Gasteiger partial charge in [0, 0.05) is 36.1 Å². The maximum atomic E-state index is 12.0. The summed E-state index contributed by atoms with van der Waals surface area (Å²) in [4.78, 5) is 32.1. The topological polar surface area (TPSA) is 84.0 Å². The Morgan fingerprint density at radius 1 is 1.25 bits per heavy atom. The van der Waals surface area contributed by atoms with E-state index in [4.69, 9.17) is 23.2 Å². The predicted molar refractivity (Wildman–Crippen MR) is 92.1 cm³/mol. The van der Waals surface area contributed by atoms with Gasteiger partial charge in [-0.15, -0.1) is 0 Å². The molecule has 0 aliphatic carbocycles. The molecule has 0 spiro atoms. The lowest BCUT2D eigenvalue weighted by molar-refractivity contribution is -0.120. The zero-order valence-electron chi connectivity index (χ0n) is 12.9. The highest BCUT2D eigenvalue weighted by atomic mass is 35.5. The Morgan fingerprint density at radius 2 is 2.04 bits per heavy atom. The number of amides is 2. The quantitative estimate of drug-likeness (QED) is 0.820. The first-order valence-corrected chi connectivity index (χ1v) is 7.99. The number of nitrogens with one attached hydrogen (secondary N) is 2. The molecule has 0 radical (unpaired) electrons. The second-order valence-electron chi connectivity index (χ2n) is 5.18. The number of nitrogens with zero attached hydrogens (tertiary/aromatic N) is 2. The van der Waals surface area contributed by atoms with Crippen molar-refractivity contribution in [2.45, 2.75) is 19.4 Å². The van der Waals surface area contributed by atoms with E-state index in [0.29, 0.717) is 11.4 Å². The van der Waals surface area contributed by atoms with Gasteiger partial charge in [0.1, 0.15) is 0 Å². The molecule has 126 valence electrons. The standard InChI is InChI=1S/C16H16Cl2N4O2/c1-10(6-12-8-19-4-5-20-12)22-15(23)9-21-16(24)13-7-11(17)2-3-14(13)18/h2-5,7-8,10H,6,9H2,1H3,(H,21,24)(H,22,23)/t10-/m1/s1. The van der Waals surface area contributed by atoms with Crippen molar-refractivity contribution < 1.29 is 9.59 Å². The van der Waals surface area contributed by atoms with Crippen molar-refractivity contribution >= 4 is 35.0 Å². The minimum absolute atomic E-state index is 0.138. The van der Waals surface area contributed by atoms with Crippen LogP contribution >= 0.6 is 23.2 Å². The molecule has 8 heteroatoms.